The Morgan fingerprint density at radius 2 is 1.16 bits per heavy atom. The van der Waals surface area contributed by atoms with Crippen LogP contribution in [0.5, 0.6) is 0 Å². The van der Waals surface area contributed by atoms with Gasteiger partial charge in [-0.2, -0.15) is 0 Å². The number of benzene rings is 4. The van der Waals surface area contributed by atoms with E-state index in [0.29, 0.717) is 6.61 Å². The Balaban J connectivity index is 1.71. The van der Waals surface area contributed by atoms with Crippen molar-refractivity contribution in [1.29, 1.82) is 0 Å². The molecule has 5 rings (SSSR count). The topological polar surface area (TPSA) is 21.6 Å². The van der Waals surface area contributed by atoms with E-state index in [9.17, 15) is 0 Å². The van der Waals surface area contributed by atoms with E-state index in [0.717, 1.165) is 11.5 Å². The molecule has 0 aliphatic carbocycles. The molecule has 3 heteroatoms. The van der Waals surface area contributed by atoms with E-state index < -0.39 is 7.92 Å². The van der Waals surface area contributed by atoms with Crippen LogP contribution in [0.4, 0.5) is 0 Å². The fourth-order valence-corrected chi connectivity index (χ4v) is 6.47. The van der Waals surface area contributed by atoms with E-state index in [1.165, 1.54) is 27.0 Å². The van der Waals surface area contributed by atoms with Crippen molar-refractivity contribution in [1.82, 2.24) is 0 Å². The van der Waals surface area contributed by atoms with Gasteiger partial charge in [-0.25, -0.2) is 4.99 Å². The number of ether oxygens (including phenoxy) is 1. The monoisotopic (exact) mass is 421 g/mol. The summed E-state index contributed by atoms with van der Waals surface area (Å²) in [6, 6.07) is 39.1. The lowest BCUT2D eigenvalue weighted by Gasteiger charge is -2.23. The smallest absolute Gasteiger partial charge is 0.217 e. The summed E-state index contributed by atoms with van der Waals surface area (Å²) in [6.45, 7) is 2.74. The fraction of sp³-hybridized carbons (Fsp3) is 0.107. The van der Waals surface area contributed by atoms with Crippen LogP contribution < -0.4 is 15.9 Å². The minimum Gasteiger partial charge on any atom is -0.475 e. The number of hydrogen-bond donors (Lipinski definition) is 0. The zero-order valence-corrected chi connectivity index (χ0v) is 18.4. The molecule has 0 N–H and O–H groups in total. The summed E-state index contributed by atoms with van der Waals surface area (Å²) in [5, 5.41) is 4.03. The Kier molecular flexibility index (Phi) is 5.65. The molecule has 0 radical (unpaired) electrons. The minimum absolute atomic E-state index is 0.198. The van der Waals surface area contributed by atoms with E-state index in [2.05, 4.69) is 116 Å². The molecule has 2 nitrogen and oxygen atoms in total. The molecule has 1 aliphatic heterocycles. The van der Waals surface area contributed by atoms with Crippen molar-refractivity contribution in [3.8, 4) is 11.1 Å². The number of rotatable bonds is 5. The van der Waals surface area contributed by atoms with Gasteiger partial charge < -0.3 is 4.74 Å². The molecule has 31 heavy (non-hydrogen) atoms. The zero-order chi connectivity index (χ0) is 21.0. The molecule has 1 unspecified atom stereocenters. The summed E-state index contributed by atoms with van der Waals surface area (Å²) < 4.78 is 5.94. The maximum atomic E-state index is 5.94. The predicted octanol–water partition coefficient (Wildman–Crippen LogP) is 5.28. The second-order valence-electron chi connectivity index (χ2n) is 7.66. The van der Waals surface area contributed by atoms with Crippen molar-refractivity contribution in [3.05, 3.63) is 115 Å². The maximum Gasteiger partial charge on any atom is 0.217 e. The van der Waals surface area contributed by atoms with Gasteiger partial charge in [-0.1, -0.05) is 103 Å². The van der Waals surface area contributed by atoms with Crippen LogP contribution in [0.3, 0.4) is 0 Å². The van der Waals surface area contributed by atoms with Gasteiger partial charge in [0.2, 0.25) is 5.90 Å². The predicted molar refractivity (Wildman–Crippen MR) is 133 cm³/mol. The lowest BCUT2D eigenvalue weighted by Crippen LogP contribution is -2.22. The largest absolute Gasteiger partial charge is 0.475 e. The van der Waals surface area contributed by atoms with E-state index in [-0.39, 0.29) is 6.04 Å². The van der Waals surface area contributed by atoms with E-state index >= 15 is 0 Å². The summed E-state index contributed by atoms with van der Waals surface area (Å²) in [5.41, 5.74) is 3.48. The molecular formula is C28H24NOP. The summed E-state index contributed by atoms with van der Waals surface area (Å²) in [4.78, 5) is 4.74. The van der Waals surface area contributed by atoms with Crippen molar-refractivity contribution in [2.24, 2.45) is 4.99 Å². The van der Waals surface area contributed by atoms with Gasteiger partial charge in [-0.15, -0.1) is 0 Å². The second kappa shape index (κ2) is 8.88. The van der Waals surface area contributed by atoms with Crippen LogP contribution in [-0.4, -0.2) is 18.5 Å². The van der Waals surface area contributed by atoms with Crippen LogP contribution in [0.15, 0.2) is 114 Å². The molecular weight excluding hydrogens is 397 g/mol. The lowest BCUT2D eigenvalue weighted by molar-refractivity contribution is 0.324. The second-order valence-corrected chi connectivity index (χ2v) is 9.85. The van der Waals surface area contributed by atoms with Gasteiger partial charge in [0.05, 0.1) is 6.04 Å². The molecule has 0 aromatic heterocycles. The SMILES string of the molecule is CC1COC(c2ccccc2-c2ccccc2P(c2ccccc2)c2ccccc2)=N1. The van der Waals surface area contributed by atoms with Crippen molar-refractivity contribution in [3.63, 3.8) is 0 Å². The quantitative estimate of drug-likeness (QED) is 0.402. The molecule has 0 fully saturated rings. The standard InChI is InChI=1S/C28H24NOP/c1-21-20-30-28(29-21)26-18-9-8-16-24(26)25-17-10-11-19-27(25)31(22-12-4-2-5-13-22)23-14-6-3-7-15-23/h2-19,21H,20H2,1H3. The van der Waals surface area contributed by atoms with Crippen molar-refractivity contribution in [2.45, 2.75) is 13.0 Å². The van der Waals surface area contributed by atoms with E-state index in [1.807, 2.05) is 0 Å². The molecule has 0 bridgehead atoms. The van der Waals surface area contributed by atoms with E-state index in [4.69, 9.17) is 9.73 Å². The fourth-order valence-electron chi connectivity index (χ4n) is 4.00. The van der Waals surface area contributed by atoms with Crippen LogP contribution in [-0.2, 0) is 4.74 Å². The Morgan fingerprint density at radius 1 is 0.645 bits per heavy atom. The molecule has 152 valence electrons. The molecule has 1 heterocycles. The zero-order valence-electron chi connectivity index (χ0n) is 17.5. The Labute approximate surface area is 185 Å². The number of nitrogens with zero attached hydrogens (tertiary/aromatic N) is 1. The Bertz CT molecular complexity index is 1160. The minimum atomic E-state index is -0.704. The maximum absolute atomic E-state index is 5.94. The molecule has 0 saturated carbocycles. The molecule has 0 amide bonds. The molecule has 4 aromatic rings. The molecule has 0 spiro atoms. The van der Waals surface area contributed by atoms with Gasteiger partial charge in [0.25, 0.3) is 0 Å². The van der Waals surface area contributed by atoms with Gasteiger partial charge in [-0.3, -0.25) is 0 Å². The van der Waals surface area contributed by atoms with Crippen LogP contribution in [0.1, 0.15) is 12.5 Å². The summed E-state index contributed by atoms with van der Waals surface area (Å²) >= 11 is 0. The lowest BCUT2D eigenvalue weighted by atomic mass is 9.99. The highest BCUT2D eigenvalue weighted by Gasteiger charge is 2.24. The number of aliphatic imine (C=N–C) groups is 1. The van der Waals surface area contributed by atoms with Crippen molar-refractivity contribution < 1.29 is 4.74 Å². The summed E-state index contributed by atoms with van der Waals surface area (Å²) in [5.74, 6) is 0.752. The van der Waals surface area contributed by atoms with Crippen LogP contribution in [0, 0.1) is 0 Å². The molecule has 4 aromatic carbocycles. The summed E-state index contributed by atoms with van der Waals surface area (Å²) in [7, 11) is -0.704. The van der Waals surface area contributed by atoms with Gasteiger partial charge in [0.15, 0.2) is 0 Å². The van der Waals surface area contributed by atoms with Gasteiger partial charge in [-0.05, 0) is 48.0 Å². The van der Waals surface area contributed by atoms with E-state index in [1.54, 1.807) is 0 Å². The van der Waals surface area contributed by atoms with Gasteiger partial charge >= 0.3 is 0 Å². The Morgan fingerprint density at radius 3 is 1.74 bits per heavy atom. The molecule has 0 saturated heterocycles. The Hall–Kier alpha value is -3.22. The molecule has 1 aliphatic rings. The number of hydrogen-bond acceptors (Lipinski definition) is 2. The van der Waals surface area contributed by atoms with Crippen LogP contribution in [0.2, 0.25) is 0 Å². The normalized spacial score (nSPS) is 15.5. The first-order chi connectivity index (χ1) is 15.3. The first-order valence-corrected chi connectivity index (χ1v) is 11.9. The third kappa shape index (κ3) is 4.04. The first kappa shape index (κ1) is 19.7. The third-order valence-electron chi connectivity index (χ3n) is 5.42. The van der Waals surface area contributed by atoms with Crippen LogP contribution >= 0.6 is 7.92 Å². The van der Waals surface area contributed by atoms with Gasteiger partial charge in [0.1, 0.15) is 6.61 Å². The first-order valence-electron chi connectivity index (χ1n) is 10.6. The van der Waals surface area contributed by atoms with Gasteiger partial charge in [0, 0.05) is 5.56 Å². The van der Waals surface area contributed by atoms with Crippen molar-refractivity contribution in [2.75, 3.05) is 6.61 Å². The van der Waals surface area contributed by atoms with Crippen molar-refractivity contribution >= 4 is 29.7 Å². The highest BCUT2D eigenvalue weighted by atomic mass is 31.1. The average Bonchev–Trinajstić information content (AvgIpc) is 3.27. The summed E-state index contributed by atoms with van der Waals surface area (Å²) in [6.07, 6.45) is 0. The average molecular weight is 421 g/mol. The van der Waals surface area contributed by atoms with Crippen LogP contribution in [0.25, 0.3) is 11.1 Å². The molecule has 1 atom stereocenters. The third-order valence-corrected chi connectivity index (χ3v) is 7.92. The highest BCUT2D eigenvalue weighted by molar-refractivity contribution is 7.80. The highest BCUT2D eigenvalue weighted by Crippen LogP contribution is 2.38.